The first kappa shape index (κ1) is 14.7. The van der Waals surface area contributed by atoms with Crippen molar-refractivity contribution in [1.29, 1.82) is 0 Å². The van der Waals surface area contributed by atoms with E-state index in [1.54, 1.807) is 0 Å². The first-order valence-electron chi connectivity index (χ1n) is 8.54. The summed E-state index contributed by atoms with van der Waals surface area (Å²) >= 11 is 0. The summed E-state index contributed by atoms with van der Waals surface area (Å²) < 4.78 is 0. The van der Waals surface area contributed by atoms with Crippen LogP contribution in [0, 0.1) is 6.92 Å². The van der Waals surface area contributed by atoms with Gasteiger partial charge >= 0.3 is 0 Å². The van der Waals surface area contributed by atoms with E-state index in [1.165, 1.54) is 68.7 Å². The Morgan fingerprint density at radius 3 is 2.57 bits per heavy atom. The zero-order valence-electron chi connectivity index (χ0n) is 13.6. The smallest absolute Gasteiger partial charge is 0.0371 e. The molecule has 0 saturated carbocycles. The van der Waals surface area contributed by atoms with Gasteiger partial charge in [-0.1, -0.05) is 6.42 Å². The topological polar surface area (TPSA) is 18.5 Å². The standard InChI is InChI=1S/C18H29N3/c1-15-13-16(21-11-5-6-12-21)8-9-18(15)19-14-17-7-3-4-10-20(17)2/h8-9,13,17,19H,3-7,10-12,14H2,1-2H3. The molecule has 0 aromatic heterocycles. The van der Waals surface area contributed by atoms with E-state index in [1.807, 2.05) is 0 Å². The first-order valence-corrected chi connectivity index (χ1v) is 8.54. The number of rotatable bonds is 4. The summed E-state index contributed by atoms with van der Waals surface area (Å²) in [5, 5.41) is 3.67. The molecule has 21 heavy (non-hydrogen) atoms. The second kappa shape index (κ2) is 6.69. The molecule has 0 bridgehead atoms. The van der Waals surface area contributed by atoms with Crippen LogP contribution < -0.4 is 10.2 Å². The number of hydrogen-bond donors (Lipinski definition) is 1. The van der Waals surface area contributed by atoms with E-state index in [9.17, 15) is 0 Å². The second-order valence-corrected chi connectivity index (χ2v) is 6.70. The number of aryl methyl sites for hydroxylation is 1. The van der Waals surface area contributed by atoms with Crippen molar-refractivity contribution in [2.75, 3.05) is 43.4 Å². The molecular formula is C18H29N3. The number of nitrogens with one attached hydrogen (secondary N) is 1. The van der Waals surface area contributed by atoms with E-state index in [4.69, 9.17) is 0 Å². The summed E-state index contributed by atoms with van der Waals surface area (Å²) in [6.07, 6.45) is 6.74. The Morgan fingerprint density at radius 1 is 1.10 bits per heavy atom. The van der Waals surface area contributed by atoms with Crippen LogP contribution in [0.4, 0.5) is 11.4 Å². The molecule has 116 valence electrons. The summed E-state index contributed by atoms with van der Waals surface area (Å²) in [7, 11) is 2.26. The molecule has 1 atom stereocenters. The van der Waals surface area contributed by atoms with E-state index in [-0.39, 0.29) is 0 Å². The third kappa shape index (κ3) is 3.52. The summed E-state index contributed by atoms with van der Waals surface area (Å²) in [5.74, 6) is 0. The summed E-state index contributed by atoms with van der Waals surface area (Å²) in [5.41, 5.74) is 4.07. The molecule has 0 radical (unpaired) electrons. The maximum atomic E-state index is 3.67. The Morgan fingerprint density at radius 2 is 1.86 bits per heavy atom. The fourth-order valence-corrected chi connectivity index (χ4v) is 3.65. The second-order valence-electron chi connectivity index (χ2n) is 6.70. The minimum Gasteiger partial charge on any atom is -0.383 e. The lowest BCUT2D eigenvalue weighted by Gasteiger charge is -2.33. The molecule has 0 spiro atoms. The number of nitrogens with zero attached hydrogens (tertiary/aromatic N) is 2. The minimum absolute atomic E-state index is 0.691. The van der Waals surface area contributed by atoms with Gasteiger partial charge in [0.25, 0.3) is 0 Å². The Bertz CT molecular complexity index is 466. The van der Waals surface area contributed by atoms with Gasteiger partial charge in [-0.3, -0.25) is 0 Å². The van der Waals surface area contributed by atoms with Crippen molar-refractivity contribution in [1.82, 2.24) is 4.90 Å². The maximum Gasteiger partial charge on any atom is 0.0371 e. The third-order valence-electron chi connectivity index (χ3n) is 5.13. The van der Waals surface area contributed by atoms with Gasteiger partial charge in [-0.2, -0.15) is 0 Å². The maximum absolute atomic E-state index is 3.67. The zero-order valence-corrected chi connectivity index (χ0v) is 13.6. The molecule has 2 heterocycles. The van der Waals surface area contributed by atoms with Gasteiger partial charge in [0.15, 0.2) is 0 Å². The van der Waals surface area contributed by atoms with Crippen molar-refractivity contribution in [3.8, 4) is 0 Å². The summed E-state index contributed by atoms with van der Waals surface area (Å²) in [6, 6.07) is 7.59. The van der Waals surface area contributed by atoms with Crippen molar-refractivity contribution in [2.24, 2.45) is 0 Å². The van der Waals surface area contributed by atoms with Crippen molar-refractivity contribution in [3.63, 3.8) is 0 Å². The molecule has 2 fully saturated rings. The zero-order chi connectivity index (χ0) is 14.7. The molecule has 1 unspecified atom stereocenters. The van der Waals surface area contributed by atoms with Gasteiger partial charge in [0.2, 0.25) is 0 Å². The summed E-state index contributed by atoms with van der Waals surface area (Å²) in [6.45, 7) is 6.99. The number of likely N-dealkylation sites (N-methyl/N-ethyl adjacent to an activating group) is 1. The summed E-state index contributed by atoms with van der Waals surface area (Å²) in [4.78, 5) is 5.01. The van der Waals surface area contributed by atoms with Crippen LogP contribution in [0.5, 0.6) is 0 Å². The molecule has 1 aromatic carbocycles. The molecule has 0 amide bonds. The minimum atomic E-state index is 0.691. The fourth-order valence-electron chi connectivity index (χ4n) is 3.65. The highest BCUT2D eigenvalue weighted by Gasteiger charge is 2.19. The van der Waals surface area contributed by atoms with E-state index in [2.05, 4.69) is 47.3 Å². The quantitative estimate of drug-likeness (QED) is 0.914. The molecule has 3 rings (SSSR count). The predicted molar refractivity (Wildman–Crippen MR) is 91.4 cm³/mol. The van der Waals surface area contributed by atoms with Crippen molar-refractivity contribution < 1.29 is 0 Å². The third-order valence-corrected chi connectivity index (χ3v) is 5.13. The number of anilines is 2. The van der Waals surface area contributed by atoms with Crippen LogP contribution in [0.3, 0.4) is 0 Å². The lowest BCUT2D eigenvalue weighted by Crippen LogP contribution is -2.40. The Hall–Kier alpha value is -1.22. The van der Waals surface area contributed by atoms with Gasteiger partial charge in [0, 0.05) is 37.1 Å². The van der Waals surface area contributed by atoms with Crippen molar-refractivity contribution >= 4 is 11.4 Å². The molecule has 2 aliphatic rings. The predicted octanol–water partition coefficient (Wildman–Crippen LogP) is 3.49. The SMILES string of the molecule is Cc1cc(N2CCCC2)ccc1NCC1CCCCN1C. The van der Waals surface area contributed by atoms with Gasteiger partial charge in [0.1, 0.15) is 0 Å². The molecule has 3 nitrogen and oxygen atoms in total. The molecule has 2 aliphatic heterocycles. The van der Waals surface area contributed by atoms with Gasteiger partial charge in [0.05, 0.1) is 0 Å². The molecule has 0 aliphatic carbocycles. The highest BCUT2D eigenvalue weighted by molar-refractivity contribution is 5.60. The van der Waals surface area contributed by atoms with E-state index < -0.39 is 0 Å². The molecule has 1 aromatic rings. The normalized spacial score (nSPS) is 23.5. The lowest BCUT2D eigenvalue weighted by atomic mass is 10.0. The van der Waals surface area contributed by atoms with Crippen LogP contribution in [0.2, 0.25) is 0 Å². The molecule has 2 saturated heterocycles. The van der Waals surface area contributed by atoms with Gasteiger partial charge in [-0.15, -0.1) is 0 Å². The Kier molecular flexibility index (Phi) is 4.69. The van der Waals surface area contributed by atoms with Crippen LogP contribution in [0.25, 0.3) is 0 Å². The number of benzene rings is 1. The molecule has 1 N–H and O–H groups in total. The largest absolute Gasteiger partial charge is 0.383 e. The fraction of sp³-hybridized carbons (Fsp3) is 0.667. The van der Waals surface area contributed by atoms with Crippen LogP contribution in [0.15, 0.2) is 18.2 Å². The molecule has 3 heteroatoms. The van der Waals surface area contributed by atoms with E-state index >= 15 is 0 Å². The highest BCUT2D eigenvalue weighted by Crippen LogP contribution is 2.26. The van der Waals surface area contributed by atoms with Crippen molar-refractivity contribution in [3.05, 3.63) is 23.8 Å². The van der Waals surface area contributed by atoms with E-state index in [0.717, 1.165) is 6.54 Å². The van der Waals surface area contributed by atoms with Gasteiger partial charge in [-0.25, -0.2) is 0 Å². The van der Waals surface area contributed by atoms with Crippen LogP contribution in [-0.2, 0) is 0 Å². The Labute approximate surface area is 129 Å². The highest BCUT2D eigenvalue weighted by atomic mass is 15.2. The van der Waals surface area contributed by atoms with Gasteiger partial charge in [-0.05, 0) is 70.0 Å². The van der Waals surface area contributed by atoms with Crippen LogP contribution in [0.1, 0.15) is 37.7 Å². The monoisotopic (exact) mass is 287 g/mol. The molecular weight excluding hydrogens is 258 g/mol. The van der Waals surface area contributed by atoms with Crippen molar-refractivity contribution in [2.45, 2.75) is 45.1 Å². The van der Waals surface area contributed by atoms with Crippen LogP contribution in [-0.4, -0.2) is 44.2 Å². The number of likely N-dealkylation sites (tertiary alicyclic amines) is 1. The van der Waals surface area contributed by atoms with E-state index in [0.29, 0.717) is 6.04 Å². The van der Waals surface area contributed by atoms with Crippen LogP contribution >= 0.6 is 0 Å². The average Bonchev–Trinajstić information content (AvgIpc) is 3.02. The number of piperidine rings is 1. The average molecular weight is 287 g/mol. The lowest BCUT2D eigenvalue weighted by molar-refractivity contribution is 0.194. The first-order chi connectivity index (χ1) is 10.2. The number of hydrogen-bond acceptors (Lipinski definition) is 3. The van der Waals surface area contributed by atoms with Gasteiger partial charge < -0.3 is 15.1 Å². The Balaban J connectivity index is 1.60.